The number of amidine groups is 1. The first-order valence-electron chi connectivity index (χ1n) is 4.81. The van der Waals surface area contributed by atoms with Crippen LogP contribution >= 0.6 is 0 Å². The molecule has 5 heteroatoms. The van der Waals surface area contributed by atoms with E-state index >= 15 is 0 Å². The molecule has 1 heterocycles. The molecule has 0 aromatic carbocycles. The van der Waals surface area contributed by atoms with E-state index in [1.54, 1.807) is 13.0 Å². The minimum atomic E-state index is 0.0736. The molecule has 0 aliphatic rings. The first kappa shape index (κ1) is 11.4. The van der Waals surface area contributed by atoms with Crippen LogP contribution in [0.2, 0.25) is 0 Å². The van der Waals surface area contributed by atoms with Gasteiger partial charge in [-0.1, -0.05) is 0 Å². The van der Waals surface area contributed by atoms with Crippen LogP contribution in [0, 0.1) is 12.3 Å². The second kappa shape index (κ2) is 4.72. The van der Waals surface area contributed by atoms with Crippen LogP contribution in [0.25, 0.3) is 0 Å². The molecule has 1 rings (SSSR count). The Labute approximate surface area is 89.2 Å². The second-order valence-electron chi connectivity index (χ2n) is 3.61. The van der Waals surface area contributed by atoms with Gasteiger partial charge in [0.25, 0.3) is 0 Å². The highest BCUT2D eigenvalue weighted by molar-refractivity contribution is 5.79. The molecule has 3 N–H and O–H groups in total. The summed E-state index contributed by atoms with van der Waals surface area (Å²) >= 11 is 0. The van der Waals surface area contributed by atoms with E-state index in [9.17, 15) is 0 Å². The largest absolute Gasteiger partial charge is 0.475 e. The third-order valence-corrected chi connectivity index (χ3v) is 1.60. The van der Waals surface area contributed by atoms with E-state index in [4.69, 9.17) is 15.9 Å². The average Bonchev–Trinajstić information content (AvgIpc) is 1.98. The number of nitrogens with one attached hydrogen (secondary N) is 1. The third kappa shape index (κ3) is 3.93. The number of hydrogen-bond acceptors (Lipinski definition) is 4. The highest BCUT2D eigenvalue weighted by Crippen LogP contribution is 2.11. The van der Waals surface area contributed by atoms with Crippen molar-refractivity contribution in [1.29, 1.82) is 5.41 Å². The summed E-state index contributed by atoms with van der Waals surface area (Å²) in [6.07, 6.45) is 0.405. The number of ether oxygens (including phenoxy) is 1. The standard InChI is InChI=1S/C10H16N4O/c1-6(2)15-10-5-8(4-9(11)12)13-7(3)14-10/h5-6H,4H2,1-3H3,(H3,11,12). The fraction of sp³-hybridized carbons (Fsp3) is 0.500. The Morgan fingerprint density at radius 1 is 1.53 bits per heavy atom. The van der Waals surface area contributed by atoms with Gasteiger partial charge in [0.2, 0.25) is 5.88 Å². The quantitative estimate of drug-likeness (QED) is 0.572. The Morgan fingerprint density at radius 2 is 2.20 bits per heavy atom. The molecule has 0 aliphatic heterocycles. The smallest absolute Gasteiger partial charge is 0.217 e. The van der Waals surface area contributed by atoms with E-state index in [0.717, 1.165) is 0 Å². The molecular weight excluding hydrogens is 192 g/mol. The van der Waals surface area contributed by atoms with Gasteiger partial charge in [-0.2, -0.15) is 4.98 Å². The zero-order valence-corrected chi connectivity index (χ0v) is 9.24. The van der Waals surface area contributed by atoms with E-state index < -0.39 is 0 Å². The highest BCUT2D eigenvalue weighted by atomic mass is 16.5. The van der Waals surface area contributed by atoms with Gasteiger partial charge in [0.15, 0.2) is 0 Å². The van der Waals surface area contributed by atoms with Crippen LogP contribution in [0.1, 0.15) is 25.4 Å². The van der Waals surface area contributed by atoms with Crippen molar-refractivity contribution in [3.8, 4) is 5.88 Å². The van der Waals surface area contributed by atoms with Crippen LogP contribution in [-0.4, -0.2) is 21.9 Å². The van der Waals surface area contributed by atoms with E-state index in [1.165, 1.54) is 0 Å². The molecule has 15 heavy (non-hydrogen) atoms. The lowest BCUT2D eigenvalue weighted by molar-refractivity contribution is 0.231. The van der Waals surface area contributed by atoms with Crippen LogP contribution in [-0.2, 0) is 6.42 Å². The highest BCUT2D eigenvalue weighted by Gasteiger charge is 2.05. The zero-order chi connectivity index (χ0) is 11.4. The van der Waals surface area contributed by atoms with Gasteiger partial charge in [0, 0.05) is 12.5 Å². The normalized spacial score (nSPS) is 10.4. The Morgan fingerprint density at radius 3 is 2.73 bits per heavy atom. The molecule has 0 saturated heterocycles. The van der Waals surface area contributed by atoms with Crippen LogP contribution < -0.4 is 10.5 Å². The van der Waals surface area contributed by atoms with Gasteiger partial charge in [0.1, 0.15) is 5.82 Å². The fourth-order valence-corrected chi connectivity index (χ4v) is 1.19. The number of nitrogens with zero attached hydrogens (tertiary/aromatic N) is 2. The summed E-state index contributed by atoms with van der Waals surface area (Å²) < 4.78 is 5.45. The molecule has 0 fully saturated rings. The number of hydrogen-bond donors (Lipinski definition) is 2. The van der Waals surface area contributed by atoms with Gasteiger partial charge < -0.3 is 10.5 Å². The summed E-state index contributed by atoms with van der Waals surface area (Å²) in [5, 5.41) is 7.19. The Kier molecular flexibility index (Phi) is 3.60. The lowest BCUT2D eigenvalue weighted by atomic mass is 10.3. The molecule has 82 valence electrons. The topological polar surface area (TPSA) is 84.9 Å². The predicted molar refractivity (Wildman–Crippen MR) is 58.2 cm³/mol. The maximum absolute atomic E-state index is 7.19. The van der Waals surface area contributed by atoms with Gasteiger partial charge in [-0.3, -0.25) is 5.41 Å². The van der Waals surface area contributed by atoms with Crippen molar-refractivity contribution in [2.24, 2.45) is 5.73 Å². The molecule has 0 bridgehead atoms. The van der Waals surface area contributed by atoms with Crippen LogP contribution in [0.3, 0.4) is 0 Å². The molecule has 0 amide bonds. The van der Waals surface area contributed by atoms with Gasteiger partial charge in [-0.15, -0.1) is 0 Å². The SMILES string of the molecule is Cc1nc(CC(=N)N)cc(OC(C)C)n1. The number of aryl methyl sites for hydroxylation is 1. The van der Waals surface area contributed by atoms with Crippen molar-refractivity contribution in [2.75, 3.05) is 0 Å². The van der Waals surface area contributed by atoms with Crippen molar-refractivity contribution in [2.45, 2.75) is 33.3 Å². The number of aromatic nitrogens is 2. The van der Waals surface area contributed by atoms with E-state index in [-0.39, 0.29) is 11.9 Å². The summed E-state index contributed by atoms with van der Waals surface area (Å²) in [5.74, 6) is 1.25. The minimum absolute atomic E-state index is 0.0736. The van der Waals surface area contributed by atoms with Crippen molar-refractivity contribution < 1.29 is 4.74 Å². The maximum Gasteiger partial charge on any atom is 0.217 e. The van der Waals surface area contributed by atoms with Crippen LogP contribution in [0.5, 0.6) is 5.88 Å². The predicted octanol–water partition coefficient (Wildman–Crippen LogP) is 1.05. The van der Waals surface area contributed by atoms with Gasteiger partial charge in [0.05, 0.1) is 17.6 Å². The number of rotatable bonds is 4. The third-order valence-electron chi connectivity index (χ3n) is 1.60. The lowest BCUT2D eigenvalue weighted by Gasteiger charge is -2.10. The molecule has 0 unspecified atom stereocenters. The Balaban J connectivity index is 2.89. The van der Waals surface area contributed by atoms with E-state index in [2.05, 4.69) is 9.97 Å². The summed E-state index contributed by atoms with van der Waals surface area (Å²) in [7, 11) is 0. The fourth-order valence-electron chi connectivity index (χ4n) is 1.19. The molecule has 1 aromatic rings. The monoisotopic (exact) mass is 208 g/mol. The van der Waals surface area contributed by atoms with E-state index in [0.29, 0.717) is 23.8 Å². The minimum Gasteiger partial charge on any atom is -0.475 e. The first-order chi connectivity index (χ1) is 6.97. The Bertz CT molecular complexity index is 362. The molecule has 0 saturated carbocycles. The summed E-state index contributed by atoms with van der Waals surface area (Å²) in [5.41, 5.74) is 6.02. The van der Waals surface area contributed by atoms with Crippen molar-refractivity contribution in [1.82, 2.24) is 9.97 Å². The molecular formula is C10H16N4O. The molecule has 0 atom stereocenters. The number of nitrogens with two attached hydrogens (primary N) is 1. The summed E-state index contributed by atoms with van der Waals surface area (Å²) in [6, 6.07) is 1.72. The van der Waals surface area contributed by atoms with Crippen LogP contribution in [0.4, 0.5) is 0 Å². The van der Waals surface area contributed by atoms with Gasteiger partial charge in [-0.25, -0.2) is 4.98 Å². The lowest BCUT2D eigenvalue weighted by Crippen LogP contribution is -2.15. The molecule has 5 nitrogen and oxygen atoms in total. The van der Waals surface area contributed by atoms with Crippen molar-refractivity contribution >= 4 is 5.84 Å². The summed E-state index contributed by atoms with van der Waals surface area (Å²) in [4.78, 5) is 8.31. The molecule has 1 aromatic heterocycles. The van der Waals surface area contributed by atoms with Crippen molar-refractivity contribution in [3.05, 3.63) is 17.6 Å². The van der Waals surface area contributed by atoms with Gasteiger partial charge in [-0.05, 0) is 20.8 Å². The van der Waals surface area contributed by atoms with Crippen molar-refractivity contribution in [3.63, 3.8) is 0 Å². The summed E-state index contributed by atoms with van der Waals surface area (Å²) in [6.45, 7) is 5.65. The zero-order valence-electron chi connectivity index (χ0n) is 9.24. The molecule has 0 spiro atoms. The van der Waals surface area contributed by atoms with Crippen LogP contribution in [0.15, 0.2) is 6.07 Å². The van der Waals surface area contributed by atoms with Gasteiger partial charge >= 0.3 is 0 Å². The first-order valence-corrected chi connectivity index (χ1v) is 4.81. The second-order valence-corrected chi connectivity index (χ2v) is 3.61. The van der Waals surface area contributed by atoms with E-state index in [1.807, 2.05) is 13.8 Å². The maximum atomic E-state index is 7.19. The Hall–Kier alpha value is -1.65. The molecule has 0 radical (unpaired) electrons. The molecule has 0 aliphatic carbocycles. The average molecular weight is 208 g/mol.